The highest BCUT2D eigenvalue weighted by atomic mass is 35.5. The van der Waals surface area contributed by atoms with Crippen LogP contribution in [0.2, 0.25) is 5.02 Å². The van der Waals surface area contributed by atoms with Crippen LogP contribution in [0, 0.1) is 6.92 Å². The molecule has 3 heterocycles. The van der Waals surface area contributed by atoms with E-state index in [0.717, 1.165) is 60.3 Å². The van der Waals surface area contributed by atoms with Crippen molar-refractivity contribution in [3.05, 3.63) is 40.7 Å². The molecule has 0 saturated carbocycles. The second-order valence-electron chi connectivity index (χ2n) is 9.29. The Bertz CT molecular complexity index is 1240. The highest BCUT2D eigenvalue weighted by Gasteiger charge is 2.33. The number of hydrogen-bond donors (Lipinski definition) is 1. The monoisotopic (exact) mass is 589 g/mol. The van der Waals surface area contributed by atoms with Crippen molar-refractivity contribution in [2.24, 2.45) is 0 Å². The summed E-state index contributed by atoms with van der Waals surface area (Å²) in [6.45, 7) is 16.5. The molecule has 0 bridgehead atoms. The fourth-order valence-electron chi connectivity index (χ4n) is 4.26. The molecule has 228 valence electrons. The van der Waals surface area contributed by atoms with Gasteiger partial charge in [-0.2, -0.15) is 0 Å². The van der Waals surface area contributed by atoms with E-state index >= 15 is 0 Å². The van der Waals surface area contributed by atoms with E-state index in [9.17, 15) is 9.59 Å². The van der Waals surface area contributed by atoms with E-state index in [2.05, 4.69) is 37.7 Å². The van der Waals surface area contributed by atoms with Crippen LogP contribution in [-0.4, -0.2) is 61.7 Å². The van der Waals surface area contributed by atoms with Gasteiger partial charge in [0.15, 0.2) is 0 Å². The molecule has 3 amide bonds. The number of halogens is 1. The number of ether oxygens (including phenoxy) is 2. The van der Waals surface area contributed by atoms with Crippen LogP contribution < -0.4 is 19.3 Å². The lowest BCUT2D eigenvalue weighted by Crippen LogP contribution is -2.45. The van der Waals surface area contributed by atoms with Gasteiger partial charge in [-0.3, -0.25) is 14.6 Å². The van der Waals surface area contributed by atoms with E-state index in [4.69, 9.17) is 21.1 Å². The second-order valence-corrected chi connectivity index (χ2v) is 9.66. The minimum absolute atomic E-state index is 0.189. The Morgan fingerprint density at radius 3 is 2.20 bits per heavy atom. The van der Waals surface area contributed by atoms with Gasteiger partial charge in [0.05, 0.1) is 32.1 Å². The lowest BCUT2D eigenvalue weighted by atomic mass is 10.1. The Balaban J connectivity index is 0.000000507. The number of nitrogens with one attached hydrogen (secondary N) is 1. The van der Waals surface area contributed by atoms with Crippen molar-refractivity contribution in [3.63, 3.8) is 0 Å². The van der Waals surface area contributed by atoms with Crippen LogP contribution in [0.4, 0.5) is 16.2 Å². The molecule has 0 unspecified atom stereocenters. The molecule has 1 aromatic carbocycles. The number of carbonyl (C=O) groups excluding carboxylic acids is 2. The predicted molar refractivity (Wildman–Crippen MR) is 171 cm³/mol. The van der Waals surface area contributed by atoms with Gasteiger partial charge in [-0.25, -0.2) is 9.78 Å². The quantitative estimate of drug-likeness (QED) is 0.270. The van der Waals surface area contributed by atoms with Gasteiger partial charge in [-0.1, -0.05) is 59.6 Å². The molecular formula is C31H48ClN5O4. The molecule has 0 aliphatic carbocycles. The molecular weight excluding hydrogens is 542 g/mol. The number of hydrogen-bond acceptors (Lipinski definition) is 5. The van der Waals surface area contributed by atoms with Crippen molar-refractivity contribution in [2.75, 3.05) is 44.2 Å². The van der Waals surface area contributed by atoms with Gasteiger partial charge < -0.3 is 19.4 Å². The maximum Gasteiger partial charge on any atom is 0.329 e. The molecule has 9 nitrogen and oxygen atoms in total. The van der Waals surface area contributed by atoms with Crippen LogP contribution in [0.1, 0.15) is 72.1 Å². The summed E-state index contributed by atoms with van der Waals surface area (Å²) in [6, 6.07) is 5.23. The number of aromatic amines is 1. The zero-order valence-corrected chi connectivity index (χ0v) is 27.2. The Hall–Kier alpha value is -3.46. The minimum atomic E-state index is -0.189. The SMILES string of the molecule is CC.CCC.CCCN(C=O)CCC.COc1cc(OC)c(Cl)c(N2Cc3cnc4[nH]c(C)cc4c3N(C)C2=O)c1. The summed E-state index contributed by atoms with van der Waals surface area (Å²) in [4.78, 5) is 36.1. The summed E-state index contributed by atoms with van der Waals surface area (Å²) >= 11 is 6.50. The zero-order chi connectivity index (χ0) is 31.1. The van der Waals surface area contributed by atoms with Gasteiger partial charge in [0, 0.05) is 55.1 Å². The lowest BCUT2D eigenvalue weighted by Gasteiger charge is -2.35. The number of amides is 3. The number of pyridine rings is 1. The average Bonchev–Trinajstić information content (AvgIpc) is 3.37. The first kappa shape index (κ1) is 35.6. The van der Waals surface area contributed by atoms with Crippen LogP contribution in [-0.2, 0) is 11.3 Å². The van der Waals surface area contributed by atoms with Crippen LogP contribution in [0.3, 0.4) is 0 Å². The molecule has 4 rings (SSSR count). The minimum Gasteiger partial charge on any atom is -0.497 e. The van der Waals surface area contributed by atoms with E-state index in [1.165, 1.54) is 13.5 Å². The molecule has 1 N–H and O–H groups in total. The van der Waals surface area contributed by atoms with Gasteiger partial charge in [0.25, 0.3) is 0 Å². The largest absolute Gasteiger partial charge is 0.497 e. The van der Waals surface area contributed by atoms with Crippen LogP contribution in [0.15, 0.2) is 24.4 Å². The van der Waals surface area contributed by atoms with E-state index in [1.54, 1.807) is 47.2 Å². The molecule has 0 spiro atoms. The number of benzene rings is 1. The van der Waals surface area contributed by atoms with Crippen molar-refractivity contribution in [1.29, 1.82) is 0 Å². The molecule has 1 aliphatic heterocycles. The molecule has 2 aromatic heterocycles. The number of carbonyl (C=O) groups is 2. The molecule has 3 aromatic rings. The van der Waals surface area contributed by atoms with Crippen molar-refractivity contribution in [1.82, 2.24) is 14.9 Å². The third kappa shape index (κ3) is 9.01. The number of aromatic nitrogens is 2. The van der Waals surface area contributed by atoms with Crippen LogP contribution in [0.5, 0.6) is 11.5 Å². The number of urea groups is 1. The van der Waals surface area contributed by atoms with Gasteiger partial charge in [-0.05, 0) is 25.8 Å². The number of nitrogens with zero attached hydrogens (tertiary/aromatic N) is 4. The summed E-state index contributed by atoms with van der Waals surface area (Å²) in [6.07, 6.45) is 6.07. The maximum absolute atomic E-state index is 13.2. The van der Waals surface area contributed by atoms with Crippen molar-refractivity contribution < 1.29 is 19.1 Å². The average molecular weight is 590 g/mol. The van der Waals surface area contributed by atoms with E-state index in [1.807, 2.05) is 26.8 Å². The Morgan fingerprint density at radius 2 is 1.68 bits per heavy atom. The lowest BCUT2D eigenvalue weighted by molar-refractivity contribution is -0.118. The van der Waals surface area contributed by atoms with Crippen molar-refractivity contribution >= 4 is 46.5 Å². The fourth-order valence-corrected chi connectivity index (χ4v) is 4.55. The number of methoxy groups -OCH3 is 2. The molecule has 41 heavy (non-hydrogen) atoms. The fraction of sp³-hybridized carbons (Fsp3) is 0.516. The molecule has 0 fully saturated rings. The molecule has 0 atom stereocenters. The molecule has 0 radical (unpaired) electrons. The van der Waals surface area contributed by atoms with Crippen LogP contribution >= 0.6 is 11.6 Å². The van der Waals surface area contributed by atoms with E-state index in [-0.39, 0.29) is 6.03 Å². The van der Waals surface area contributed by atoms with E-state index < -0.39 is 0 Å². The molecule has 0 saturated heterocycles. The number of rotatable bonds is 8. The first-order valence-electron chi connectivity index (χ1n) is 14.3. The van der Waals surface area contributed by atoms with E-state index in [0.29, 0.717) is 28.8 Å². The maximum atomic E-state index is 13.2. The Morgan fingerprint density at radius 1 is 1.07 bits per heavy atom. The summed E-state index contributed by atoms with van der Waals surface area (Å²) in [7, 11) is 4.83. The molecule has 10 heteroatoms. The normalized spacial score (nSPS) is 11.7. The van der Waals surface area contributed by atoms with Gasteiger partial charge in [-0.15, -0.1) is 0 Å². The summed E-state index contributed by atoms with van der Waals surface area (Å²) in [5.41, 5.74) is 4.08. The highest BCUT2D eigenvalue weighted by molar-refractivity contribution is 6.35. The van der Waals surface area contributed by atoms with Gasteiger partial charge in [0.2, 0.25) is 6.41 Å². The Kier molecular flexibility index (Phi) is 15.7. The second kappa shape index (κ2) is 18.1. The predicted octanol–water partition coefficient (Wildman–Crippen LogP) is 7.83. The highest BCUT2D eigenvalue weighted by Crippen LogP contribution is 2.42. The summed E-state index contributed by atoms with van der Waals surface area (Å²) in [5, 5.41) is 1.28. The number of fused-ring (bicyclic) bond motifs is 3. The summed E-state index contributed by atoms with van der Waals surface area (Å²) < 4.78 is 10.7. The number of H-pyrrole nitrogens is 1. The standard InChI is InChI=1S/C19H19ClN4O3.C7H15NO.C3H8.C2H6/c1-10-5-13-17-11(8-21-18(13)22-10)9-24(19(25)23(17)2)14-6-12(26-3)7-15(27-4)16(14)20;1-3-5-8(7-9)6-4-2;1-3-2;1-2/h5-8H,9H2,1-4H3,(H,21,22);7H,3-6H2,1-2H3;3H2,1-2H3;1-2H3. The van der Waals surface area contributed by atoms with Gasteiger partial charge in [0.1, 0.15) is 22.2 Å². The first-order chi connectivity index (χ1) is 19.7. The number of anilines is 2. The van der Waals surface area contributed by atoms with Crippen molar-refractivity contribution in [3.8, 4) is 11.5 Å². The zero-order valence-electron chi connectivity index (χ0n) is 26.4. The van der Waals surface area contributed by atoms with Gasteiger partial charge >= 0.3 is 6.03 Å². The smallest absolute Gasteiger partial charge is 0.329 e. The van der Waals surface area contributed by atoms with Crippen molar-refractivity contribution in [2.45, 2.75) is 74.3 Å². The van der Waals surface area contributed by atoms with Crippen LogP contribution in [0.25, 0.3) is 11.0 Å². The number of aryl methyl sites for hydroxylation is 1. The molecule has 1 aliphatic rings. The topological polar surface area (TPSA) is 91.0 Å². The third-order valence-electron chi connectivity index (χ3n) is 5.93. The Labute approximate surface area is 250 Å². The third-order valence-corrected chi connectivity index (χ3v) is 6.31. The first-order valence-corrected chi connectivity index (χ1v) is 14.7. The summed E-state index contributed by atoms with van der Waals surface area (Å²) in [5.74, 6) is 1.00.